The van der Waals surface area contributed by atoms with Crippen LogP contribution in [0, 0.1) is 20.8 Å². The van der Waals surface area contributed by atoms with Crippen molar-refractivity contribution in [2.75, 3.05) is 6.54 Å². The molecular weight excluding hydrogens is 374 g/mol. The molecule has 0 saturated carbocycles. The van der Waals surface area contributed by atoms with Gasteiger partial charge in [0.2, 0.25) is 5.91 Å². The number of rotatable bonds is 8. The van der Waals surface area contributed by atoms with Crippen LogP contribution >= 0.6 is 0 Å². The number of carbonyl (C=O) groups excluding carboxylic acids is 2. The van der Waals surface area contributed by atoms with E-state index in [0.717, 1.165) is 27.7 Å². The average Bonchev–Trinajstić information content (AvgIpc) is 2.93. The maximum atomic E-state index is 12.4. The first-order valence-electron chi connectivity index (χ1n) is 9.70. The van der Waals surface area contributed by atoms with E-state index >= 15 is 0 Å². The Morgan fingerprint density at radius 2 is 1.66 bits per heavy atom. The van der Waals surface area contributed by atoms with E-state index in [0.29, 0.717) is 42.5 Å². The lowest BCUT2D eigenvalue weighted by Crippen LogP contribution is -2.28. The fourth-order valence-electron chi connectivity index (χ4n) is 3.45. The Hall–Kier alpha value is -3.09. The van der Waals surface area contributed by atoms with Crippen LogP contribution in [0.3, 0.4) is 0 Å². The zero-order valence-electron chi connectivity index (χ0n) is 16.8. The van der Waals surface area contributed by atoms with Gasteiger partial charge >= 0.3 is 5.63 Å². The van der Waals surface area contributed by atoms with Gasteiger partial charge in [0.15, 0.2) is 0 Å². The van der Waals surface area contributed by atoms with Gasteiger partial charge in [0, 0.05) is 29.4 Å². The molecule has 29 heavy (non-hydrogen) atoms. The lowest BCUT2D eigenvalue weighted by atomic mass is 10.0. The third-order valence-electron chi connectivity index (χ3n) is 5.30. The molecule has 0 fully saturated rings. The number of hydrogen-bond acceptors (Lipinski definition) is 6. The van der Waals surface area contributed by atoms with E-state index in [9.17, 15) is 19.5 Å². The smallest absolute Gasteiger partial charge is 0.340 e. The highest BCUT2D eigenvalue weighted by molar-refractivity contribution is 5.97. The number of amides is 1. The van der Waals surface area contributed by atoms with Crippen LogP contribution in [-0.2, 0) is 16.0 Å². The molecule has 0 atom stereocenters. The molecule has 0 aliphatic heterocycles. The monoisotopic (exact) mass is 398 g/mol. The van der Waals surface area contributed by atoms with Gasteiger partial charge in [-0.1, -0.05) is 6.42 Å². The third kappa shape index (κ3) is 4.50. The van der Waals surface area contributed by atoms with Gasteiger partial charge in [0.05, 0.1) is 12.0 Å². The second kappa shape index (κ2) is 8.51. The Labute approximate surface area is 167 Å². The van der Waals surface area contributed by atoms with Gasteiger partial charge in [-0.05, 0) is 57.2 Å². The molecule has 1 N–H and O–H groups in total. The Morgan fingerprint density at radius 1 is 0.966 bits per heavy atom. The molecule has 2 aromatic heterocycles. The van der Waals surface area contributed by atoms with E-state index in [1.54, 1.807) is 6.07 Å². The van der Waals surface area contributed by atoms with Crippen molar-refractivity contribution < 1.29 is 23.5 Å². The van der Waals surface area contributed by atoms with Crippen LogP contribution in [0.2, 0.25) is 0 Å². The van der Waals surface area contributed by atoms with Crippen molar-refractivity contribution in [1.82, 2.24) is 5.32 Å². The molecule has 0 unspecified atom stereocenters. The summed E-state index contributed by atoms with van der Waals surface area (Å²) in [5, 5.41) is 14.9. The van der Waals surface area contributed by atoms with Gasteiger partial charge in [-0.3, -0.25) is 4.79 Å². The Balaban J connectivity index is 1.74. The van der Waals surface area contributed by atoms with Crippen molar-refractivity contribution in [1.29, 1.82) is 0 Å². The zero-order chi connectivity index (χ0) is 21.1. The number of nitrogens with one attached hydrogen (secondary N) is 1. The standard InChI is InChI=1S/C22H25NO6/c1-12-14(3)28-18-11-19-16(9-15(12)18)13(2)17(22(27)29-19)10-20(24)23-8-6-4-5-7-21(25)26/h9,11H,4-8,10H2,1-3H3,(H,23,24)(H,25,26)/p-1. The number of aliphatic carboxylic acids is 1. The van der Waals surface area contributed by atoms with Crippen LogP contribution in [0.1, 0.15) is 48.1 Å². The summed E-state index contributed by atoms with van der Waals surface area (Å²) in [4.78, 5) is 35.1. The predicted octanol–water partition coefficient (Wildman–Crippen LogP) is 2.43. The molecule has 0 saturated heterocycles. The van der Waals surface area contributed by atoms with Gasteiger partial charge in [-0.2, -0.15) is 0 Å². The molecule has 7 heteroatoms. The summed E-state index contributed by atoms with van der Waals surface area (Å²) in [5.74, 6) is -0.517. The summed E-state index contributed by atoms with van der Waals surface area (Å²) in [7, 11) is 0. The number of furan rings is 1. The number of aryl methyl sites for hydroxylation is 3. The summed E-state index contributed by atoms with van der Waals surface area (Å²) in [6.45, 7) is 6.11. The molecule has 0 radical (unpaired) electrons. The van der Waals surface area contributed by atoms with Gasteiger partial charge < -0.3 is 24.1 Å². The molecule has 154 valence electrons. The van der Waals surface area contributed by atoms with Crippen molar-refractivity contribution in [2.24, 2.45) is 0 Å². The number of benzene rings is 1. The Kier molecular flexibility index (Phi) is 6.06. The Morgan fingerprint density at radius 3 is 2.38 bits per heavy atom. The molecule has 7 nitrogen and oxygen atoms in total. The second-order valence-electron chi connectivity index (χ2n) is 7.33. The first kappa shape index (κ1) is 20.6. The van der Waals surface area contributed by atoms with Crippen molar-refractivity contribution >= 4 is 33.8 Å². The lowest BCUT2D eigenvalue weighted by molar-refractivity contribution is -0.305. The summed E-state index contributed by atoms with van der Waals surface area (Å²) in [5.41, 5.74) is 2.67. The summed E-state index contributed by atoms with van der Waals surface area (Å²) in [6, 6.07) is 3.66. The average molecular weight is 398 g/mol. The van der Waals surface area contributed by atoms with Crippen molar-refractivity contribution in [3.63, 3.8) is 0 Å². The molecule has 3 aromatic rings. The molecular formula is C22H24NO6-. The minimum absolute atomic E-state index is 0.0220. The van der Waals surface area contributed by atoms with Gasteiger partial charge in [0.1, 0.15) is 16.9 Å². The van der Waals surface area contributed by atoms with Crippen LogP contribution in [-0.4, -0.2) is 18.4 Å². The summed E-state index contributed by atoms with van der Waals surface area (Å²) < 4.78 is 11.2. The molecule has 1 aromatic carbocycles. The summed E-state index contributed by atoms with van der Waals surface area (Å²) in [6.07, 6.45) is 1.83. The second-order valence-corrected chi connectivity index (χ2v) is 7.33. The molecule has 3 rings (SSSR count). The maximum absolute atomic E-state index is 12.4. The van der Waals surface area contributed by atoms with E-state index < -0.39 is 11.6 Å². The van der Waals surface area contributed by atoms with E-state index in [2.05, 4.69) is 5.32 Å². The van der Waals surface area contributed by atoms with Crippen LogP contribution in [0.25, 0.3) is 21.9 Å². The first-order chi connectivity index (χ1) is 13.8. The number of carbonyl (C=O) groups is 2. The van der Waals surface area contributed by atoms with Crippen LogP contribution in [0.5, 0.6) is 0 Å². The first-order valence-corrected chi connectivity index (χ1v) is 9.70. The molecule has 0 bridgehead atoms. The van der Waals surface area contributed by atoms with Crippen LogP contribution < -0.4 is 16.0 Å². The number of unbranched alkanes of at least 4 members (excludes halogenated alkanes) is 2. The van der Waals surface area contributed by atoms with Crippen LogP contribution in [0.15, 0.2) is 25.8 Å². The van der Waals surface area contributed by atoms with Gasteiger partial charge in [-0.25, -0.2) is 4.79 Å². The summed E-state index contributed by atoms with van der Waals surface area (Å²) >= 11 is 0. The van der Waals surface area contributed by atoms with E-state index in [1.807, 2.05) is 26.8 Å². The van der Waals surface area contributed by atoms with E-state index in [-0.39, 0.29) is 18.7 Å². The quantitative estimate of drug-likeness (QED) is 0.461. The van der Waals surface area contributed by atoms with Crippen LogP contribution in [0.4, 0.5) is 0 Å². The highest BCUT2D eigenvalue weighted by Gasteiger charge is 2.17. The minimum Gasteiger partial charge on any atom is -0.550 e. The fourth-order valence-corrected chi connectivity index (χ4v) is 3.45. The van der Waals surface area contributed by atoms with Gasteiger partial charge in [-0.15, -0.1) is 0 Å². The highest BCUT2D eigenvalue weighted by Crippen LogP contribution is 2.30. The number of fused-ring (bicyclic) bond motifs is 2. The lowest BCUT2D eigenvalue weighted by Gasteiger charge is -2.09. The normalized spacial score (nSPS) is 11.3. The van der Waals surface area contributed by atoms with Gasteiger partial charge in [0.25, 0.3) is 0 Å². The zero-order valence-corrected chi connectivity index (χ0v) is 16.8. The number of carboxylic acids is 1. The SMILES string of the molecule is Cc1oc2cc3oc(=O)c(CC(=O)NCCCCCC(=O)[O-])c(C)c3cc2c1C. The fraction of sp³-hybridized carbons (Fsp3) is 0.409. The molecule has 0 aliphatic carbocycles. The van der Waals surface area contributed by atoms with Crippen molar-refractivity contribution in [3.05, 3.63) is 45.0 Å². The molecule has 0 spiro atoms. The molecule has 1 amide bonds. The van der Waals surface area contributed by atoms with E-state index in [4.69, 9.17) is 8.83 Å². The van der Waals surface area contributed by atoms with Crippen molar-refractivity contribution in [2.45, 2.75) is 52.9 Å². The molecule has 2 heterocycles. The third-order valence-corrected chi connectivity index (χ3v) is 5.30. The highest BCUT2D eigenvalue weighted by atomic mass is 16.4. The minimum atomic E-state index is -1.06. The van der Waals surface area contributed by atoms with E-state index in [1.165, 1.54) is 0 Å². The predicted molar refractivity (Wildman–Crippen MR) is 107 cm³/mol. The Bertz CT molecular complexity index is 1140. The number of carboxylic acid groups (broad SMARTS) is 1. The largest absolute Gasteiger partial charge is 0.550 e. The maximum Gasteiger partial charge on any atom is 0.340 e. The molecule has 0 aliphatic rings. The van der Waals surface area contributed by atoms with Crippen molar-refractivity contribution in [3.8, 4) is 0 Å². The topological polar surface area (TPSA) is 113 Å². The number of hydrogen-bond donors (Lipinski definition) is 1.